The zero-order chi connectivity index (χ0) is 8.72. The quantitative estimate of drug-likeness (QED) is 0.639. The third kappa shape index (κ3) is 1.27. The van der Waals surface area contributed by atoms with Crippen LogP contribution in [0.15, 0.2) is 22.0 Å². The second-order valence-electron chi connectivity index (χ2n) is 2.32. The molecule has 0 bridgehead atoms. The van der Waals surface area contributed by atoms with Gasteiger partial charge >= 0.3 is 0 Å². The Labute approximate surface area is 92.2 Å². The van der Waals surface area contributed by atoms with Gasteiger partial charge in [-0.05, 0) is 22.0 Å². The number of benzene rings is 1. The van der Waals surface area contributed by atoms with Gasteiger partial charge in [0.05, 0.1) is 14.7 Å². The van der Waals surface area contributed by atoms with Crippen molar-refractivity contribution in [1.29, 1.82) is 0 Å². The molecule has 0 atom stereocenters. The smallest absolute Gasteiger partial charge is 0.0770 e. The molecule has 0 unspecified atom stereocenters. The molecule has 4 heteroatoms. The molecule has 0 aliphatic heterocycles. The summed E-state index contributed by atoms with van der Waals surface area (Å²) in [5.41, 5.74) is 0. The zero-order valence-corrected chi connectivity index (χ0v) is 9.69. The molecule has 0 saturated carbocycles. The van der Waals surface area contributed by atoms with Crippen LogP contribution in [0.1, 0.15) is 0 Å². The van der Waals surface area contributed by atoms with E-state index in [0.29, 0.717) is 10.0 Å². The molecular formula is C8H3BrCl2S. The lowest BCUT2D eigenvalue weighted by atomic mass is 10.3. The Hall–Kier alpha value is 0.240. The maximum Gasteiger partial charge on any atom is 0.0770 e. The standard InChI is InChI=1S/C8H3BrCl2S/c9-5-3-12-8-4(5)1-2-6(10)7(8)11/h1-3H. The van der Waals surface area contributed by atoms with Gasteiger partial charge in [0.15, 0.2) is 0 Å². The molecule has 0 saturated heterocycles. The molecule has 0 N–H and O–H groups in total. The molecular weight excluding hydrogens is 279 g/mol. The highest BCUT2D eigenvalue weighted by Gasteiger charge is 2.07. The van der Waals surface area contributed by atoms with E-state index in [1.807, 2.05) is 17.5 Å². The van der Waals surface area contributed by atoms with Crippen LogP contribution in [0.25, 0.3) is 10.1 Å². The lowest BCUT2D eigenvalue weighted by molar-refractivity contribution is 1.82. The molecule has 0 nitrogen and oxygen atoms in total. The maximum atomic E-state index is 6.00. The minimum Gasteiger partial charge on any atom is -0.141 e. The van der Waals surface area contributed by atoms with E-state index in [4.69, 9.17) is 23.2 Å². The van der Waals surface area contributed by atoms with Crippen molar-refractivity contribution in [2.45, 2.75) is 0 Å². The number of fused-ring (bicyclic) bond motifs is 1. The van der Waals surface area contributed by atoms with Crippen molar-refractivity contribution in [1.82, 2.24) is 0 Å². The van der Waals surface area contributed by atoms with Crippen LogP contribution in [0.5, 0.6) is 0 Å². The molecule has 1 heterocycles. The molecule has 0 amide bonds. The first-order chi connectivity index (χ1) is 5.70. The van der Waals surface area contributed by atoms with Gasteiger partial charge in [-0.3, -0.25) is 0 Å². The Bertz CT molecular complexity index is 436. The molecule has 1 aromatic heterocycles. The molecule has 0 radical (unpaired) electrons. The summed E-state index contributed by atoms with van der Waals surface area (Å²) < 4.78 is 2.11. The third-order valence-corrected chi connectivity index (χ3v) is 4.48. The second kappa shape index (κ2) is 3.18. The van der Waals surface area contributed by atoms with E-state index in [2.05, 4.69) is 15.9 Å². The van der Waals surface area contributed by atoms with E-state index in [1.165, 1.54) is 0 Å². The van der Waals surface area contributed by atoms with Crippen molar-refractivity contribution >= 4 is 60.6 Å². The van der Waals surface area contributed by atoms with E-state index in [-0.39, 0.29) is 0 Å². The lowest BCUT2D eigenvalue weighted by Gasteiger charge is -1.96. The largest absolute Gasteiger partial charge is 0.141 e. The normalized spacial score (nSPS) is 10.9. The molecule has 0 aliphatic rings. The third-order valence-electron chi connectivity index (χ3n) is 1.59. The van der Waals surface area contributed by atoms with Gasteiger partial charge in [0.2, 0.25) is 0 Å². The summed E-state index contributed by atoms with van der Waals surface area (Å²) in [5, 5.41) is 4.38. The first-order valence-electron chi connectivity index (χ1n) is 3.21. The fraction of sp³-hybridized carbons (Fsp3) is 0. The lowest BCUT2D eigenvalue weighted by Crippen LogP contribution is -1.68. The Morgan fingerprint density at radius 2 is 2.00 bits per heavy atom. The van der Waals surface area contributed by atoms with E-state index >= 15 is 0 Å². The average Bonchev–Trinajstić information content (AvgIpc) is 2.41. The van der Waals surface area contributed by atoms with E-state index in [0.717, 1.165) is 14.6 Å². The van der Waals surface area contributed by atoms with Crippen LogP contribution < -0.4 is 0 Å². The summed E-state index contributed by atoms with van der Waals surface area (Å²) in [5.74, 6) is 0. The van der Waals surface area contributed by atoms with Gasteiger partial charge in [-0.1, -0.05) is 29.3 Å². The predicted molar refractivity (Wildman–Crippen MR) is 59.5 cm³/mol. The van der Waals surface area contributed by atoms with Crippen molar-refractivity contribution < 1.29 is 0 Å². The van der Waals surface area contributed by atoms with E-state index in [9.17, 15) is 0 Å². The molecule has 0 fully saturated rings. The Morgan fingerprint density at radius 1 is 1.25 bits per heavy atom. The molecule has 12 heavy (non-hydrogen) atoms. The van der Waals surface area contributed by atoms with Crippen molar-refractivity contribution in [3.05, 3.63) is 32.0 Å². The highest BCUT2D eigenvalue weighted by atomic mass is 79.9. The molecule has 1 aromatic carbocycles. The van der Waals surface area contributed by atoms with Crippen molar-refractivity contribution in [2.75, 3.05) is 0 Å². The minimum atomic E-state index is 0.610. The minimum absolute atomic E-state index is 0.610. The fourth-order valence-electron chi connectivity index (χ4n) is 1.01. The van der Waals surface area contributed by atoms with Gasteiger partial charge in [-0.25, -0.2) is 0 Å². The van der Waals surface area contributed by atoms with Crippen LogP contribution in [0.3, 0.4) is 0 Å². The molecule has 2 aromatic rings. The van der Waals surface area contributed by atoms with Gasteiger partial charge < -0.3 is 0 Å². The summed E-state index contributed by atoms with van der Waals surface area (Å²) in [6.07, 6.45) is 0. The van der Waals surface area contributed by atoms with Gasteiger partial charge in [0.1, 0.15) is 0 Å². The van der Waals surface area contributed by atoms with Crippen LogP contribution in [-0.4, -0.2) is 0 Å². The number of halogens is 3. The number of hydrogen-bond acceptors (Lipinski definition) is 1. The summed E-state index contributed by atoms with van der Waals surface area (Å²) in [4.78, 5) is 0. The SMILES string of the molecule is Clc1ccc2c(Br)csc2c1Cl. The topological polar surface area (TPSA) is 0 Å². The van der Waals surface area contributed by atoms with E-state index in [1.54, 1.807) is 11.3 Å². The number of thiophene rings is 1. The fourth-order valence-corrected chi connectivity index (χ4v) is 3.13. The molecule has 0 aliphatic carbocycles. The van der Waals surface area contributed by atoms with Gasteiger partial charge in [-0.15, -0.1) is 11.3 Å². The predicted octanol–water partition coefficient (Wildman–Crippen LogP) is 4.97. The van der Waals surface area contributed by atoms with Gasteiger partial charge in [-0.2, -0.15) is 0 Å². The second-order valence-corrected chi connectivity index (χ2v) is 4.84. The highest BCUT2D eigenvalue weighted by molar-refractivity contribution is 9.10. The summed E-state index contributed by atoms with van der Waals surface area (Å²) >= 11 is 16.9. The first-order valence-corrected chi connectivity index (χ1v) is 5.63. The van der Waals surface area contributed by atoms with Crippen LogP contribution in [0.4, 0.5) is 0 Å². The zero-order valence-electron chi connectivity index (χ0n) is 5.77. The van der Waals surface area contributed by atoms with Crippen molar-refractivity contribution in [3.63, 3.8) is 0 Å². The van der Waals surface area contributed by atoms with Crippen LogP contribution in [-0.2, 0) is 0 Å². The monoisotopic (exact) mass is 280 g/mol. The Morgan fingerprint density at radius 3 is 2.75 bits per heavy atom. The molecule has 62 valence electrons. The average molecular weight is 282 g/mol. The van der Waals surface area contributed by atoms with E-state index < -0.39 is 0 Å². The van der Waals surface area contributed by atoms with Crippen molar-refractivity contribution in [2.24, 2.45) is 0 Å². The number of hydrogen-bond donors (Lipinski definition) is 0. The Kier molecular flexibility index (Phi) is 2.34. The summed E-state index contributed by atoms with van der Waals surface area (Å²) in [6.45, 7) is 0. The summed E-state index contributed by atoms with van der Waals surface area (Å²) in [6, 6.07) is 3.77. The maximum absolute atomic E-state index is 6.00. The van der Waals surface area contributed by atoms with Crippen LogP contribution >= 0.6 is 50.5 Å². The van der Waals surface area contributed by atoms with Crippen LogP contribution in [0, 0.1) is 0 Å². The highest BCUT2D eigenvalue weighted by Crippen LogP contribution is 2.38. The number of rotatable bonds is 0. The van der Waals surface area contributed by atoms with Crippen LogP contribution in [0.2, 0.25) is 10.0 Å². The van der Waals surface area contributed by atoms with Gasteiger partial charge in [0, 0.05) is 15.2 Å². The van der Waals surface area contributed by atoms with Gasteiger partial charge in [0.25, 0.3) is 0 Å². The Balaban J connectivity index is 2.93. The van der Waals surface area contributed by atoms with Crippen molar-refractivity contribution in [3.8, 4) is 0 Å². The first kappa shape index (κ1) is 8.82. The molecule has 2 rings (SSSR count). The summed E-state index contributed by atoms with van der Waals surface area (Å²) in [7, 11) is 0. The molecule has 0 spiro atoms.